The van der Waals surface area contributed by atoms with Gasteiger partial charge in [-0.15, -0.1) is 0 Å². The first-order valence-electron chi connectivity index (χ1n) is 10.7. The molecule has 178 valence electrons. The van der Waals surface area contributed by atoms with Gasteiger partial charge in [-0.1, -0.05) is 0 Å². The predicted octanol–water partition coefficient (Wildman–Crippen LogP) is 2.77. The molecule has 0 amide bonds. The van der Waals surface area contributed by atoms with Crippen LogP contribution in [0.3, 0.4) is 0 Å². The zero-order chi connectivity index (χ0) is 24.9. The second kappa shape index (κ2) is 8.05. The molecule has 4 rings (SSSR count). The van der Waals surface area contributed by atoms with Gasteiger partial charge in [0, 0.05) is 41.2 Å². The molecule has 0 atom stereocenters. The fourth-order valence-electron chi connectivity index (χ4n) is 4.03. The largest absolute Gasteiger partial charge is 0.496 e. The summed E-state index contributed by atoms with van der Waals surface area (Å²) in [5.74, 6) is -1.76. The summed E-state index contributed by atoms with van der Waals surface area (Å²) >= 11 is 0. The van der Waals surface area contributed by atoms with E-state index in [9.17, 15) is 24.6 Å². The number of nitrogens with zero attached hydrogens (tertiary/aromatic N) is 4. The average molecular weight is 466 g/mol. The van der Waals surface area contributed by atoms with E-state index in [4.69, 9.17) is 4.74 Å². The van der Waals surface area contributed by atoms with Crippen LogP contribution in [0.4, 0.5) is 0 Å². The lowest BCUT2D eigenvalue weighted by atomic mass is 9.95. The first-order chi connectivity index (χ1) is 15.9. The third-order valence-electron chi connectivity index (χ3n) is 6.16. The van der Waals surface area contributed by atoms with Crippen molar-refractivity contribution in [2.75, 3.05) is 12.1 Å². The molecule has 1 aliphatic rings. The van der Waals surface area contributed by atoms with Crippen molar-refractivity contribution in [3.63, 3.8) is 0 Å². The Morgan fingerprint density at radius 2 is 1.82 bits per heavy atom. The van der Waals surface area contributed by atoms with E-state index in [-0.39, 0.29) is 11.6 Å². The van der Waals surface area contributed by atoms with Crippen molar-refractivity contribution in [1.29, 1.82) is 0 Å². The quantitative estimate of drug-likeness (QED) is 0.568. The van der Waals surface area contributed by atoms with E-state index in [2.05, 4.69) is 5.10 Å². The molecule has 0 saturated carbocycles. The van der Waals surface area contributed by atoms with Gasteiger partial charge in [0.1, 0.15) is 11.3 Å². The van der Waals surface area contributed by atoms with Crippen LogP contribution in [-0.2, 0) is 16.9 Å². The molecule has 0 fully saturated rings. The van der Waals surface area contributed by atoms with Gasteiger partial charge in [0.2, 0.25) is 0 Å². The molecular formula is C24H26N4O6. The number of aromatic carboxylic acids is 1. The highest BCUT2D eigenvalue weighted by atomic mass is 16.5. The Balaban J connectivity index is 1.91. The first kappa shape index (κ1) is 23.1. The topological polar surface area (TPSA) is 127 Å². The van der Waals surface area contributed by atoms with Gasteiger partial charge in [-0.3, -0.25) is 14.2 Å². The van der Waals surface area contributed by atoms with Crippen LogP contribution < -0.4 is 15.2 Å². The molecule has 3 aromatic rings. The fraction of sp³-hybridized carbons (Fsp3) is 0.333. The van der Waals surface area contributed by atoms with Crippen molar-refractivity contribution in [3.05, 3.63) is 58.1 Å². The molecule has 0 aliphatic carbocycles. The van der Waals surface area contributed by atoms with Crippen molar-refractivity contribution in [3.8, 4) is 28.1 Å². The number of pyridine rings is 1. The summed E-state index contributed by atoms with van der Waals surface area (Å²) in [4.78, 5) is 35.7. The first-order valence-corrected chi connectivity index (χ1v) is 10.7. The highest BCUT2D eigenvalue weighted by Crippen LogP contribution is 2.39. The van der Waals surface area contributed by atoms with Crippen molar-refractivity contribution >= 4 is 11.9 Å². The number of rotatable bonds is 6. The number of carbonyl (C=O) groups is 2. The number of hydrogen-bond acceptors (Lipinski definition) is 6. The zero-order valence-corrected chi connectivity index (χ0v) is 19.6. The summed E-state index contributed by atoms with van der Waals surface area (Å²) in [6.45, 7) is 7.56. The molecule has 0 bridgehead atoms. The minimum atomic E-state index is -1.27. The Bertz CT molecular complexity index is 1370. The van der Waals surface area contributed by atoms with Gasteiger partial charge in [-0.25, -0.2) is 9.59 Å². The Morgan fingerprint density at radius 1 is 1.12 bits per heavy atom. The molecular weight excluding hydrogens is 440 g/mol. The number of benzene rings is 1. The number of carboxylic acid groups (broad SMARTS) is 2. The van der Waals surface area contributed by atoms with Crippen LogP contribution in [0.2, 0.25) is 0 Å². The van der Waals surface area contributed by atoms with Gasteiger partial charge in [-0.2, -0.15) is 5.10 Å². The Kier molecular flexibility index (Phi) is 5.47. The molecule has 0 unspecified atom stereocenters. The summed E-state index contributed by atoms with van der Waals surface area (Å²) < 4.78 is 8.75. The average Bonchev–Trinajstić information content (AvgIpc) is 3.27. The summed E-state index contributed by atoms with van der Waals surface area (Å²) in [6, 6.07) is 5.11. The molecule has 2 N–H and O–H groups in total. The smallest absolute Gasteiger partial charge is 0.341 e. The standard InChI is InChI=1S/C24H26N4O6/c1-13(2)26-10-14-6-17(15-9-25-28(11-15)24(3,4)23(32)33)21(34-5)7-16(14)19-8-20(29)18(22(30)31)12-27(19)26/h6-9,11-13H,10H2,1-5H3,(H,30,31)(H,32,33). The maximum atomic E-state index is 12.5. The van der Waals surface area contributed by atoms with Gasteiger partial charge >= 0.3 is 11.9 Å². The van der Waals surface area contributed by atoms with Crippen molar-refractivity contribution in [2.45, 2.75) is 45.8 Å². The maximum Gasteiger partial charge on any atom is 0.341 e. The van der Waals surface area contributed by atoms with Crippen molar-refractivity contribution in [2.24, 2.45) is 0 Å². The minimum absolute atomic E-state index is 0.0146. The van der Waals surface area contributed by atoms with Gasteiger partial charge in [0.15, 0.2) is 11.0 Å². The van der Waals surface area contributed by atoms with Gasteiger partial charge in [-0.05, 0) is 45.4 Å². The Labute approximate surface area is 195 Å². The lowest BCUT2D eigenvalue weighted by molar-refractivity contribution is -0.146. The second-order valence-corrected chi connectivity index (χ2v) is 9.03. The predicted molar refractivity (Wildman–Crippen MR) is 125 cm³/mol. The van der Waals surface area contributed by atoms with E-state index in [0.717, 1.165) is 16.7 Å². The van der Waals surface area contributed by atoms with Crippen LogP contribution in [0.5, 0.6) is 5.75 Å². The van der Waals surface area contributed by atoms with E-state index < -0.39 is 22.9 Å². The van der Waals surface area contributed by atoms with Crippen LogP contribution in [0.15, 0.2) is 41.6 Å². The van der Waals surface area contributed by atoms with Gasteiger partial charge < -0.3 is 20.0 Å². The normalized spacial score (nSPS) is 12.9. The number of methoxy groups -OCH3 is 1. The summed E-state index contributed by atoms with van der Waals surface area (Å²) in [6.07, 6.45) is 4.62. The third-order valence-corrected chi connectivity index (χ3v) is 6.16. The molecule has 0 spiro atoms. The Morgan fingerprint density at radius 3 is 2.41 bits per heavy atom. The second-order valence-electron chi connectivity index (χ2n) is 9.03. The Hall–Kier alpha value is -4.08. The van der Waals surface area contributed by atoms with Gasteiger partial charge in [0.05, 0.1) is 25.5 Å². The van der Waals surface area contributed by atoms with E-state index >= 15 is 0 Å². The lowest BCUT2D eigenvalue weighted by Gasteiger charge is -2.38. The summed E-state index contributed by atoms with van der Waals surface area (Å²) in [7, 11) is 1.53. The molecule has 1 aromatic carbocycles. The molecule has 10 heteroatoms. The van der Waals surface area contributed by atoms with Crippen LogP contribution >= 0.6 is 0 Å². The summed E-state index contributed by atoms with van der Waals surface area (Å²) in [5, 5.41) is 25.2. The number of hydrogen-bond donors (Lipinski definition) is 2. The highest BCUT2D eigenvalue weighted by Gasteiger charge is 2.31. The maximum absolute atomic E-state index is 12.5. The van der Waals surface area contributed by atoms with Crippen LogP contribution in [0.1, 0.15) is 43.6 Å². The van der Waals surface area contributed by atoms with Crippen molar-refractivity contribution < 1.29 is 24.5 Å². The molecule has 3 heterocycles. The molecule has 2 aromatic heterocycles. The SMILES string of the molecule is COc1cc2c(cc1-c1cnn(C(C)(C)C(=O)O)c1)CN(C(C)C)n1cc(C(=O)O)c(=O)cc1-2. The number of fused-ring (bicyclic) bond motifs is 3. The molecule has 1 aliphatic heterocycles. The fourth-order valence-corrected chi connectivity index (χ4v) is 4.03. The number of aliphatic carboxylic acids is 1. The third kappa shape index (κ3) is 3.60. The molecule has 0 saturated heterocycles. The molecule has 34 heavy (non-hydrogen) atoms. The van der Waals surface area contributed by atoms with Crippen LogP contribution in [-0.4, -0.2) is 49.8 Å². The number of carboxylic acids is 2. The highest BCUT2D eigenvalue weighted by molar-refractivity contribution is 5.88. The van der Waals surface area contributed by atoms with Crippen molar-refractivity contribution in [1.82, 2.24) is 14.5 Å². The zero-order valence-electron chi connectivity index (χ0n) is 19.6. The van der Waals surface area contributed by atoms with Crippen LogP contribution in [0, 0.1) is 0 Å². The van der Waals surface area contributed by atoms with E-state index in [1.54, 1.807) is 30.9 Å². The molecule has 10 nitrogen and oxygen atoms in total. The minimum Gasteiger partial charge on any atom is -0.496 e. The van der Waals surface area contributed by atoms with E-state index in [0.29, 0.717) is 23.6 Å². The van der Waals surface area contributed by atoms with E-state index in [1.807, 2.05) is 31.0 Å². The van der Waals surface area contributed by atoms with Crippen LogP contribution in [0.25, 0.3) is 22.4 Å². The summed E-state index contributed by atoms with van der Waals surface area (Å²) in [5.41, 5.74) is 1.56. The van der Waals surface area contributed by atoms with Gasteiger partial charge in [0.25, 0.3) is 0 Å². The number of aromatic nitrogens is 3. The van der Waals surface area contributed by atoms with E-state index in [1.165, 1.54) is 24.1 Å². The lowest BCUT2D eigenvalue weighted by Crippen LogP contribution is -2.44. The molecule has 0 radical (unpaired) electrons. The monoisotopic (exact) mass is 466 g/mol. The number of ether oxygens (including phenoxy) is 1.